The first kappa shape index (κ1) is 20.3. The Bertz CT molecular complexity index is 1020. The number of hydrogen-bond donors (Lipinski definition) is 1. The van der Waals surface area contributed by atoms with E-state index in [-0.39, 0.29) is 0 Å². The molecule has 0 radical (unpaired) electrons. The van der Waals surface area contributed by atoms with E-state index < -0.39 is 11.3 Å². The summed E-state index contributed by atoms with van der Waals surface area (Å²) in [7, 11) is 0. The number of hydrogen-bond acceptors (Lipinski definition) is 4. The molecule has 9 heteroatoms. The zero-order valence-corrected chi connectivity index (χ0v) is 17.7. The largest absolute Gasteiger partial charge is 0.353 e. The molecule has 1 atom stereocenters. The van der Waals surface area contributed by atoms with E-state index in [0.717, 1.165) is 28.3 Å². The van der Waals surface area contributed by atoms with Crippen molar-refractivity contribution in [3.8, 4) is 22.5 Å². The lowest BCUT2D eigenvalue weighted by Gasteiger charge is -2.33. The molecular formula is C20H18Cl2N4O2S. The van der Waals surface area contributed by atoms with Gasteiger partial charge in [-0.1, -0.05) is 47.5 Å². The van der Waals surface area contributed by atoms with Gasteiger partial charge in [-0.05, 0) is 24.3 Å². The van der Waals surface area contributed by atoms with Crippen LogP contribution in [0.4, 0.5) is 5.82 Å². The number of benzene rings is 2. The molecule has 2 aromatic carbocycles. The van der Waals surface area contributed by atoms with Crippen LogP contribution in [-0.4, -0.2) is 49.2 Å². The number of piperazine rings is 1. The third-order valence-corrected chi connectivity index (χ3v) is 6.09. The van der Waals surface area contributed by atoms with Crippen molar-refractivity contribution in [3.05, 3.63) is 64.8 Å². The summed E-state index contributed by atoms with van der Waals surface area (Å²) in [5.74, 6) is 0.732. The lowest BCUT2D eigenvalue weighted by atomic mass is 10.0. The van der Waals surface area contributed by atoms with Gasteiger partial charge in [0.2, 0.25) is 11.3 Å². The maximum atomic E-state index is 11.3. The van der Waals surface area contributed by atoms with Gasteiger partial charge in [-0.3, -0.25) is 9.54 Å². The van der Waals surface area contributed by atoms with Gasteiger partial charge >= 0.3 is 0 Å². The van der Waals surface area contributed by atoms with Crippen LogP contribution < -0.4 is 4.90 Å². The Balaban J connectivity index is 1.72. The minimum Gasteiger partial charge on any atom is -0.353 e. The van der Waals surface area contributed by atoms with Crippen LogP contribution in [-0.2, 0) is 11.3 Å². The second-order valence-corrected chi connectivity index (χ2v) is 8.44. The molecule has 1 aliphatic rings. The van der Waals surface area contributed by atoms with Crippen LogP contribution in [0.3, 0.4) is 0 Å². The highest BCUT2D eigenvalue weighted by Crippen LogP contribution is 2.32. The molecule has 29 heavy (non-hydrogen) atoms. The lowest BCUT2D eigenvalue weighted by Crippen LogP contribution is -2.47. The molecular weight excluding hydrogens is 431 g/mol. The maximum absolute atomic E-state index is 11.3. The molecule has 0 bridgehead atoms. The first-order valence-electron chi connectivity index (χ1n) is 9.01. The molecule has 4 rings (SSSR count). The highest BCUT2D eigenvalue weighted by molar-refractivity contribution is 7.76. The van der Waals surface area contributed by atoms with E-state index in [9.17, 15) is 8.76 Å². The Kier molecular flexibility index (Phi) is 6.12. The van der Waals surface area contributed by atoms with E-state index in [4.69, 9.17) is 33.2 Å². The van der Waals surface area contributed by atoms with Crippen molar-refractivity contribution in [3.63, 3.8) is 0 Å². The highest BCUT2D eigenvalue weighted by Gasteiger charge is 2.22. The summed E-state index contributed by atoms with van der Waals surface area (Å²) in [6, 6.07) is 15.0. The van der Waals surface area contributed by atoms with Crippen LogP contribution in [0.15, 0.2) is 54.7 Å². The van der Waals surface area contributed by atoms with Crippen LogP contribution in [0.5, 0.6) is 0 Å². The van der Waals surface area contributed by atoms with Gasteiger partial charge in [0.15, 0.2) is 0 Å². The first-order valence-corrected chi connectivity index (χ1v) is 10.8. The third-order valence-electron chi connectivity index (χ3n) is 4.78. The fourth-order valence-electron chi connectivity index (χ4n) is 3.23. The fourth-order valence-corrected chi connectivity index (χ4v) is 3.96. The second-order valence-electron chi connectivity index (χ2n) is 6.59. The van der Waals surface area contributed by atoms with Gasteiger partial charge in [0.25, 0.3) is 0 Å². The average Bonchev–Trinajstić information content (AvgIpc) is 2.75. The van der Waals surface area contributed by atoms with Gasteiger partial charge in [-0.15, -0.1) is 0 Å². The molecule has 1 aliphatic heterocycles. The van der Waals surface area contributed by atoms with Gasteiger partial charge in [0.05, 0.1) is 17.6 Å². The molecule has 1 unspecified atom stereocenters. The quantitative estimate of drug-likeness (QED) is 0.599. The minimum absolute atomic E-state index is 0.486. The summed E-state index contributed by atoms with van der Waals surface area (Å²) >= 11 is 10.1. The molecule has 150 valence electrons. The summed E-state index contributed by atoms with van der Waals surface area (Å²) in [5, 5.41) is 1.31. The zero-order chi connectivity index (χ0) is 20.4. The molecule has 0 aliphatic carbocycles. The lowest BCUT2D eigenvalue weighted by molar-refractivity contribution is 0.372. The van der Waals surface area contributed by atoms with E-state index in [1.807, 2.05) is 48.5 Å². The predicted molar refractivity (Wildman–Crippen MR) is 117 cm³/mol. The number of aromatic nitrogens is 2. The molecule has 1 saturated heterocycles. The van der Waals surface area contributed by atoms with Crippen molar-refractivity contribution in [2.75, 3.05) is 31.1 Å². The number of nitrogens with zero attached hydrogens (tertiary/aromatic N) is 4. The minimum atomic E-state index is -1.94. The Labute approximate surface area is 181 Å². The van der Waals surface area contributed by atoms with Crippen molar-refractivity contribution < 1.29 is 8.76 Å². The van der Waals surface area contributed by atoms with E-state index >= 15 is 0 Å². The molecule has 0 spiro atoms. The molecule has 2 heterocycles. The fraction of sp³-hybridized carbons (Fsp3) is 0.200. The van der Waals surface area contributed by atoms with Crippen LogP contribution in [0.2, 0.25) is 10.0 Å². The van der Waals surface area contributed by atoms with E-state index in [0.29, 0.717) is 36.2 Å². The Morgan fingerprint density at radius 2 is 1.34 bits per heavy atom. The molecule has 1 N–H and O–H groups in total. The van der Waals surface area contributed by atoms with Crippen LogP contribution in [0.1, 0.15) is 0 Å². The Hall–Kier alpha value is -2.03. The van der Waals surface area contributed by atoms with Crippen molar-refractivity contribution >= 4 is 40.3 Å². The molecule has 1 aromatic heterocycles. The Morgan fingerprint density at radius 1 is 0.828 bits per heavy atom. The van der Waals surface area contributed by atoms with Gasteiger partial charge < -0.3 is 4.90 Å². The first-order chi connectivity index (χ1) is 14.0. The maximum Gasteiger partial charge on any atom is 0.234 e. The molecule has 0 saturated carbocycles. The predicted octanol–water partition coefficient (Wildman–Crippen LogP) is 4.38. The summed E-state index contributed by atoms with van der Waals surface area (Å²) < 4.78 is 22.0. The van der Waals surface area contributed by atoms with Crippen molar-refractivity contribution in [2.45, 2.75) is 0 Å². The summed E-state index contributed by atoms with van der Waals surface area (Å²) in [6.45, 7) is 2.17. The normalized spacial score (nSPS) is 16.0. The highest BCUT2D eigenvalue weighted by atomic mass is 35.5. The molecule has 6 nitrogen and oxygen atoms in total. The molecule has 3 aromatic rings. The van der Waals surface area contributed by atoms with Crippen molar-refractivity contribution in [1.29, 1.82) is 0 Å². The van der Waals surface area contributed by atoms with Gasteiger partial charge in [-0.25, -0.2) is 9.19 Å². The number of rotatable bonds is 4. The van der Waals surface area contributed by atoms with E-state index in [2.05, 4.69) is 4.90 Å². The van der Waals surface area contributed by atoms with Gasteiger partial charge in [0.1, 0.15) is 5.82 Å². The van der Waals surface area contributed by atoms with Crippen molar-refractivity contribution in [2.24, 2.45) is 0 Å². The SMILES string of the molecule is O=S(O)N1CCN(c2cnc(-c3ccc(Cl)cc3)c(-c3ccc(Cl)cc3)n2)CC1. The number of halogens is 2. The summed E-state index contributed by atoms with van der Waals surface area (Å²) in [4.78, 5) is 11.7. The zero-order valence-electron chi connectivity index (χ0n) is 15.3. The number of anilines is 1. The van der Waals surface area contributed by atoms with Crippen LogP contribution >= 0.6 is 23.2 Å². The monoisotopic (exact) mass is 448 g/mol. The molecule has 0 amide bonds. The van der Waals surface area contributed by atoms with Crippen LogP contribution in [0, 0.1) is 0 Å². The summed E-state index contributed by atoms with van der Waals surface area (Å²) in [6.07, 6.45) is 1.74. The average molecular weight is 449 g/mol. The standard InChI is InChI=1S/C20H18Cl2N4O2S/c21-16-5-1-14(2-6-16)19-20(15-3-7-17(22)8-4-15)24-18(13-23-19)25-9-11-26(12-10-25)29(27)28/h1-8,13H,9-12H2,(H,27,28). The Morgan fingerprint density at radius 3 is 1.86 bits per heavy atom. The summed E-state index contributed by atoms with van der Waals surface area (Å²) in [5.41, 5.74) is 3.32. The van der Waals surface area contributed by atoms with E-state index in [1.165, 1.54) is 4.31 Å². The van der Waals surface area contributed by atoms with E-state index in [1.54, 1.807) is 6.20 Å². The topological polar surface area (TPSA) is 69.6 Å². The third kappa shape index (κ3) is 4.60. The van der Waals surface area contributed by atoms with Crippen LogP contribution in [0.25, 0.3) is 22.5 Å². The van der Waals surface area contributed by atoms with Gasteiger partial charge in [0, 0.05) is 47.4 Å². The second kappa shape index (κ2) is 8.77. The molecule has 1 fully saturated rings. The van der Waals surface area contributed by atoms with Gasteiger partial charge in [-0.2, -0.15) is 4.31 Å². The van der Waals surface area contributed by atoms with Crippen molar-refractivity contribution in [1.82, 2.24) is 14.3 Å². The smallest absolute Gasteiger partial charge is 0.234 e.